The van der Waals surface area contributed by atoms with E-state index in [1.54, 1.807) is 23.6 Å². The van der Waals surface area contributed by atoms with Crippen LogP contribution in [0.15, 0.2) is 18.3 Å². The number of carbonyl (C=O) groups excluding carboxylic acids is 2. The van der Waals surface area contributed by atoms with Crippen LogP contribution in [-0.2, 0) is 17.9 Å². The number of nitrogens with one attached hydrogen (secondary N) is 2. The maximum absolute atomic E-state index is 12.0. The first-order chi connectivity index (χ1) is 9.54. The van der Waals surface area contributed by atoms with Gasteiger partial charge in [0, 0.05) is 22.9 Å². The molecule has 2 aromatic heterocycles. The highest BCUT2D eigenvalue weighted by molar-refractivity contribution is 7.14. The summed E-state index contributed by atoms with van der Waals surface area (Å²) in [4.78, 5) is 29.6. The number of aromatic nitrogens is 1. The maximum atomic E-state index is 12.0. The Kier molecular flexibility index (Phi) is 4.86. The lowest BCUT2D eigenvalue weighted by Gasteiger charge is -2.00. The summed E-state index contributed by atoms with van der Waals surface area (Å²) < 4.78 is 0. The van der Waals surface area contributed by atoms with Crippen LogP contribution < -0.4 is 10.6 Å². The molecule has 5 nitrogen and oxygen atoms in total. The molecular formula is C13H15N3O2S2. The molecule has 0 bridgehead atoms. The molecule has 0 aliphatic heterocycles. The standard InChI is InChI=1S/C13H15N3O2S2/c1-8(17)14-5-10-3-4-12(20-10)13(18)16-7-11-6-15-9(2)19-11/h3-4,6H,5,7H2,1-2H3,(H,14,17)(H,16,18). The third-order valence-electron chi connectivity index (χ3n) is 2.49. The molecule has 2 heterocycles. The molecule has 0 radical (unpaired) electrons. The molecular weight excluding hydrogens is 294 g/mol. The number of thiazole rings is 1. The van der Waals surface area contributed by atoms with Crippen LogP contribution in [0.4, 0.5) is 0 Å². The number of nitrogens with zero attached hydrogens (tertiary/aromatic N) is 1. The molecule has 20 heavy (non-hydrogen) atoms. The predicted molar refractivity (Wildman–Crippen MR) is 79.9 cm³/mol. The van der Waals surface area contributed by atoms with Gasteiger partial charge in [-0.2, -0.15) is 0 Å². The molecule has 0 unspecified atom stereocenters. The molecule has 0 aromatic carbocycles. The largest absolute Gasteiger partial charge is 0.351 e. The monoisotopic (exact) mass is 309 g/mol. The number of aryl methyl sites for hydroxylation is 1. The van der Waals surface area contributed by atoms with Crippen molar-refractivity contribution in [1.29, 1.82) is 0 Å². The van der Waals surface area contributed by atoms with Gasteiger partial charge in [0.1, 0.15) is 0 Å². The average Bonchev–Trinajstić information content (AvgIpc) is 3.02. The summed E-state index contributed by atoms with van der Waals surface area (Å²) in [6.07, 6.45) is 1.77. The van der Waals surface area contributed by atoms with Gasteiger partial charge in [0.05, 0.1) is 23.0 Å². The minimum Gasteiger partial charge on any atom is -0.351 e. The van der Waals surface area contributed by atoms with Crippen molar-refractivity contribution in [1.82, 2.24) is 15.6 Å². The fourth-order valence-electron chi connectivity index (χ4n) is 1.55. The average molecular weight is 309 g/mol. The van der Waals surface area contributed by atoms with Gasteiger partial charge in [-0.3, -0.25) is 9.59 Å². The molecule has 7 heteroatoms. The summed E-state index contributed by atoms with van der Waals surface area (Å²) in [6.45, 7) is 4.35. The zero-order valence-corrected chi connectivity index (χ0v) is 12.9. The quantitative estimate of drug-likeness (QED) is 0.888. The van der Waals surface area contributed by atoms with Gasteiger partial charge in [-0.25, -0.2) is 4.98 Å². The minimum absolute atomic E-state index is 0.0787. The highest BCUT2D eigenvalue weighted by atomic mass is 32.1. The van der Waals surface area contributed by atoms with Gasteiger partial charge in [0.25, 0.3) is 5.91 Å². The van der Waals surface area contributed by atoms with Gasteiger partial charge in [0.2, 0.25) is 5.91 Å². The second-order valence-corrected chi connectivity index (χ2v) is 6.69. The van der Waals surface area contributed by atoms with E-state index in [2.05, 4.69) is 15.6 Å². The molecule has 106 valence electrons. The van der Waals surface area contributed by atoms with E-state index in [0.717, 1.165) is 14.8 Å². The number of hydrogen-bond donors (Lipinski definition) is 2. The van der Waals surface area contributed by atoms with E-state index in [4.69, 9.17) is 0 Å². The first-order valence-corrected chi connectivity index (χ1v) is 7.70. The molecule has 2 aromatic rings. The smallest absolute Gasteiger partial charge is 0.261 e. The Morgan fingerprint density at radius 1 is 1.15 bits per heavy atom. The van der Waals surface area contributed by atoms with Crippen LogP contribution in [-0.4, -0.2) is 16.8 Å². The lowest BCUT2D eigenvalue weighted by atomic mass is 10.4. The summed E-state index contributed by atoms with van der Waals surface area (Å²) in [5, 5.41) is 6.56. The van der Waals surface area contributed by atoms with Crippen molar-refractivity contribution < 1.29 is 9.59 Å². The molecule has 0 saturated heterocycles. The normalized spacial score (nSPS) is 10.3. The van der Waals surface area contributed by atoms with Gasteiger partial charge in [-0.15, -0.1) is 22.7 Å². The molecule has 0 spiro atoms. The molecule has 0 atom stereocenters. The van der Waals surface area contributed by atoms with E-state index >= 15 is 0 Å². The van der Waals surface area contributed by atoms with Crippen LogP contribution in [0.25, 0.3) is 0 Å². The lowest BCUT2D eigenvalue weighted by molar-refractivity contribution is -0.119. The Bertz CT molecular complexity index is 619. The Labute approximate surface area is 125 Å². The van der Waals surface area contributed by atoms with Crippen LogP contribution in [0.1, 0.15) is 31.4 Å². The van der Waals surface area contributed by atoms with Gasteiger partial charge >= 0.3 is 0 Å². The molecule has 2 rings (SSSR count). The fraction of sp³-hybridized carbons (Fsp3) is 0.308. The Morgan fingerprint density at radius 3 is 2.55 bits per heavy atom. The summed E-state index contributed by atoms with van der Waals surface area (Å²) >= 11 is 2.96. The number of thiophene rings is 1. The summed E-state index contributed by atoms with van der Waals surface area (Å²) in [6, 6.07) is 3.63. The minimum atomic E-state index is -0.102. The van der Waals surface area contributed by atoms with Crippen LogP contribution in [0, 0.1) is 6.92 Å². The fourth-order valence-corrected chi connectivity index (χ4v) is 3.15. The second kappa shape index (κ2) is 6.62. The van der Waals surface area contributed by atoms with E-state index in [-0.39, 0.29) is 11.8 Å². The lowest BCUT2D eigenvalue weighted by Crippen LogP contribution is -2.21. The zero-order chi connectivity index (χ0) is 14.5. The van der Waals surface area contributed by atoms with E-state index in [1.165, 1.54) is 18.3 Å². The van der Waals surface area contributed by atoms with E-state index in [9.17, 15) is 9.59 Å². The van der Waals surface area contributed by atoms with Crippen LogP contribution in [0.5, 0.6) is 0 Å². The van der Waals surface area contributed by atoms with E-state index in [1.807, 2.05) is 13.0 Å². The molecule has 2 amide bonds. The maximum Gasteiger partial charge on any atom is 0.261 e. The number of amides is 2. The predicted octanol–water partition coefficient (Wildman–Crippen LogP) is 2.08. The zero-order valence-electron chi connectivity index (χ0n) is 11.2. The van der Waals surface area contributed by atoms with Gasteiger partial charge < -0.3 is 10.6 Å². The Morgan fingerprint density at radius 2 is 1.90 bits per heavy atom. The van der Waals surface area contributed by atoms with Crippen LogP contribution in [0.3, 0.4) is 0 Å². The topological polar surface area (TPSA) is 71.1 Å². The first kappa shape index (κ1) is 14.7. The van der Waals surface area contributed by atoms with E-state index in [0.29, 0.717) is 18.0 Å². The van der Waals surface area contributed by atoms with Crippen molar-refractivity contribution in [2.24, 2.45) is 0 Å². The van der Waals surface area contributed by atoms with Gasteiger partial charge in [-0.05, 0) is 19.1 Å². The molecule has 0 fully saturated rings. The van der Waals surface area contributed by atoms with Gasteiger partial charge in [-0.1, -0.05) is 0 Å². The van der Waals surface area contributed by atoms with Crippen molar-refractivity contribution >= 4 is 34.5 Å². The molecule has 0 saturated carbocycles. The van der Waals surface area contributed by atoms with Crippen molar-refractivity contribution in [3.05, 3.63) is 38.0 Å². The molecule has 0 aliphatic rings. The van der Waals surface area contributed by atoms with Crippen molar-refractivity contribution in [2.75, 3.05) is 0 Å². The summed E-state index contributed by atoms with van der Waals surface area (Å²) in [5.41, 5.74) is 0. The van der Waals surface area contributed by atoms with Crippen molar-refractivity contribution in [3.8, 4) is 0 Å². The number of hydrogen-bond acceptors (Lipinski definition) is 5. The number of rotatable bonds is 5. The van der Waals surface area contributed by atoms with E-state index < -0.39 is 0 Å². The van der Waals surface area contributed by atoms with Crippen molar-refractivity contribution in [2.45, 2.75) is 26.9 Å². The third kappa shape index (κ3) is 4.14. The van der Waals surface area contributed by atoms with Crippen LogP contribution >= 0.6 is 22.7 Å². The second-order valence-electron chi connectivity index (χ2n) is 4.20. The van der Waals surface area contributed by atoms with Crippen LogP contribution in [0.2, 0.25) is 0 Å². The number of carbonyl (C=O) groups is 2. The summed E-state index contributed by atoms with van der Waals surface area (Å²) in [5.74, 6) is -0.180. The third-order valence-corrected chi connectivity index (χ3v) is 4.49. The Balaban J connectivity index is 1.87. The highest BCUT2D eigenvalue weighted by Crippen LogP contribution is 2.17. The van der Waals surface area contributed by atoms with Gasteiger partial charge in [0.15, 0.2) is 0 Å². The Hall–Kier alpha value is -1.73. The SMILES string of the molecule is CC(=O)NCc1ccc(C(=O)NCc2cnc(C)s2)s1. The highest BCUT2D eigenvalue weighted by Gasteiger charge is 2.09. The molecule has 0 aliphatic carbocycles. The van der Waals surface area contributed by atoms with Crippen molar-refractivity contribution in [3.63, 3.8) is 0 Å². The molecule has 2 N–H and O–H groups in total. The first-order valence-electron chi connectivity index (χ1n) is 6.07. The summed E-state index contributed by atoms with van der Waals surface area (Å²) in [7, 11) is 0.